The number of likely N-dealkylation sites (N-methyl/N-ethyl adjacent to an activating group) is 1. The molecule has 4 heterocycles. The van der Waals surface area contributed by atoms with E-state index in [-0.39, 0.29) is 31.8 Å². The van der Waals surface area contributed by atoms with Gasteiger partial charge in [0.15, 0.2) is 0 Å². The van der Waals surface area contributed by atoms with E-state index in [4.69, 9.17) is 23.9 Å². The number of carbonyl (C=O) groups is 4. The summed E-state index contributed by atoms with van der Waals surface area (Å²) in [6.07, 6.45) is 2.76. The van der Waals surface area contributed by atoms with Crippen LogP contribution in [-0.4, -0.2) is 142 Å². The first-order valence-electron chi connectivity index (χ1n) is 20.4. The predicted molar refractivity (Wildman–Crippen MR) is 214 cm³/mol. The van der Waals surface area contributed by atoms with E-state index in [1.807, 2.05) is 36.2 Å². The number of carbonyl (C=O) groups excluding carboxylic acids is 4. The van der Waals surface area contributed by atoms with E-state index in [9.17, 15) is 27.6 Å². The second kappa shape index (κ2) is 16.7. The average Bonchev–Trinajstić information content (AvgIpc) is 4.10. The minimum Gasteiger partial charge on any atom is -0.497 e. The van der Waals surface area contributed by atoms with Gasteiger partial charge >= 0.3 is 6.09 Å². The Bertz CT molecular complexity index is 2000. The predicted octanol–water partition coefficient (Wildman–Crippen LogP) is 2.31. The summed E-state index contributed by atoms with van der Waals surface area (Å²) in [6.45, 7) is 8.30. The van der Waals surface area contributed by atoms with E-state index in [0.717, 1.165) is 24.6 Å². The molecule has 1 aromatic heterocycles. The number of morpholine rings is 1. The third-order valence-corrected chi connectivity index (χ3v) is 13.4. The van der Waals surface area contributed by atoms with Crippen molar-refractivity contribution in [3.63, 3.8) is 0 Å². The van der Waals surface area contributed by atoms with Crippen LogP contribution < -0.4 is 29.7 Å². The first-order valence-corrected chi connectivity index (χ1v) is 21.9. The van der Waals surface area contributed by atoms with Crippen molar-refractivity contribution in [2.45, 2.75) is 107 Å². The summed E-state index contributed by atoms with van der Waals surface area (Å²) < 4.78 is 51.5. The SMILES string of the molecule is COc1ccc2c(O[C@@H]3C[C@H]4C(=O)N[C@]5(C(=O)NS(=O)(=O)C6CC6)C[C@H]5CCCCCN(C)C[C@H](NC(=O)OC(C)(C)C)C(=O)N4C3)nc(N3CCOCC3)cc2c1. The number of alkyl carbamates (subject to hydrolysis) is 1. The average molecular weight is 828 g/mol. The zero-order valence-corrected chi connectivity index (χ0v) is 34.9. The summed E-state index contributed by atoms with van der Waals surface area (Å²) in [7, 11) is -0.423. The molecule has 318 valence electrons. The van der Waals surface area contributed by atoms with Gasteiger partial charge in [0.1, 0.15) is 40.9 Å². The molecule has 18 heteroatoms. The van der Waals surface area contributed by atoms with Crippen molar-refractivity contribution in [1.82, 2.24) is 30.1 Å². The van der Waals surface area contributed by atoms with Crippen LogP contribution in [0.1, 0.15) is 72.1 Å². The van der Waals surface area contributed by atoms with Crippen LogP contribution in [-0.2, 0) is 33.9 Å². The summed E-state index contributed by atoms with van der Waals surface area (Å²) in [5, 5.41) is 6.62. The van der Waals surface area contributed by atoms with Crippen molar-refractivity contribution in [3.05, 3.63) is 24.3 Å². The molecule has 17 nitrogen and oxygen atoms in total. The van der Waals surface area contributed by atoms with Gasteiger partial charge in [-0.05, 0) is 102 Å². The second-order valence-electron chi connectivity index (χ2n) is 17.3. The first-order chi connectivity index (χ1) is 27.5. The molecule has 0 radical (unpaired) electrons. The first kappa shape index (κ1) is 41.7. The maximum Gasteiger partial charge on any atom is 0.408 e. The fraction of sp³-hybridized carbons (Fsp3) is 0.675. The molecular weight excluding hydrogens is 771 g/mol. The third-order valence-electron chi connectivity index (χ3n) is 11.6. The number of benzene rings is 1. The van der Waals surface area contributed by atoms with Gasteiger partial charge in [-0.15, -0.1) is 0 Å². The Balaban J connectivity index is 1.22. The van der Waals surface area contributed by atoms with Crippen molar-refractivity contribution in [2.75, 3.05) is 65.0 Å². The lowest BCUT2D eigenvalue weighted by atomic mass is 10.1. The fourth-order valence-electron chi connectivity index (χ4n) is 8.23. The van der Waals surface area contributed by atoms with Crippen LogP contribution in [0.3, 0.4) is 0 Å². The Hall–Kier alpha value is -4.42. The molecule has 3 saturated heterocycles. The largest absolute Gasteiger partial charge is 0.497 e. The smallest absolute Gasteiger partial charge is 0.408 e. The number of amides is 4. The number of ether oxygens (including phenoxy) is 4. The highest BCUT2D eigenvalue weighted by molar-refractivity contribution is 7.91. The number of sulfonamides is 1. The number of anilines is 1. The van der Waals surface area contributed by atoms with Crippen LogP contribution in [0, 0.1) is 5.92 Å². The zero-order valence-electron chi connectivity index (χ0n) is 34.1. The zero-order chi connectivity index (χ0) is 41.4. The van der Waals surface area contributed by atoms with Gasteiger partial charge in [-0.3, -0.25) is 19.1 Å². The molecule has 1 aromatic carbocycles. The number of fused-ring (bicyclic) bond motifs is 3. The van der Waals surface area contributed by atoms with Crippen LogP contribution in [0.2, 0.25) is 0 Å². The summed E-state index contributed by atoms with van der Waals surface area (Å²) in [6, 6.07) is 5.31. The Morgan fingerprint density at radius 3 is 2.48 bits per heavy atom. The highest BCUT2D eigenvalue weighted by Crippen LogP contribution is 2.48. The monoisotopic (exact) mass is 827 g/mol. The molecule has 7 rings (SSSR count). The van der Waals surface area contributed by atoms with Gasteiger partial charge in [0.05, 0.1) is 32.1 Å². The quantitative estimate of drug-likeness (QED) is 0.351. The van der Waals surface area contributed by atoms with E-state index in [1.165, 1.54) is 4.90 Å². The van der Waals surface area contributed by atoms with E-state index in [1.54, 1.807) is 27.9 Å². The fourth-order valence-corrected chi connectivity index (χ4v) is 9.60. The van der Waals surface area contributed by atoms with Crippen molar-refractivity contribution in [2.24, 2.45) is 5.92 Å². The Morgan fingerprint density at radius 1 is 1.02 bits per heavy atom. The van der Waals surface area contributed by atoms with E-state index < -0.39 is 68.4 Å². The van der Waals surface area contributed by atoms with Crippen LogP contribution in [0.15, 0.2) is 24.3 Å². The topological polar surface area (TPSA) is 198 Å². The summed E-state index contributed by atoms with van der Waals surface area (Å²) in [5.74, 6) is -0.505. The molecule has 2 aliphatic carbocycles. The molecule has 58 heavy (non-hydrogen) atoms. The summed E-state index contributed by atoms with van der Waals surface area (Å²) in [4.78, 5) is 66.8. The molecular formula is C40H57N7O10S. The molecule has 5 fully saturated rings. The lowest BCUT2D eigenvalue weighted by Crippen LogP contribution is -2.59. The van der Waals surface area contributed by atoms with Gasteiger partial charge in [0.2, 0.25) is 27.7 Å². The number of hydrogen-bond acceptors (Lipinski definition) is 13. The normalized spacial score (nSPS) is 27.7. The van der Waals surface area contributed by atoms with Gasteiger partial charge in [0, 0.05) is 31.4 Å². The van der Waals surface area contributed by atoms with Crippen molar-refractivity contribution >= 4 is 50.4 Å². The molecule has 0 spiro atoms. The van der Waals surface area contributed by atoms with E-state index >= 15 is 0 Å². The van der Waals surface area contributed by atoms with Gasteiger partial charge in [-0.25, -0.2) is 13.2 Å². The van der Waals surface area contributed by atoms with Gasteiger partial charge < -0.3 is 44.3 Å². The Labute approximate surface area is 339 Å². The number of methoxy groups -OCH3 is 1. The van der Waals surface area contributed by atoms with Crippen LogP contribution in [0.4, 0.5) is 10.6 Å². The molecule has 0 unspecified atom stereocenters. The van der Waals surface area contributed by atoms with Crippen molar-refractivity contribution in [1.29, 1.82) is 0 Å². The number of nitrogens with zero attached hydrogens (tertiary/aromatic N) is 4. The molecule has 5 atom stereocenters. The van der Waals surface area contributed by atoms with Gasteiger partial charge in [0.25, 0.3) is 5.91 Å². The number of aromatic nitrogens is 1. The lowest BCUT2D eigenvalue weighted by Gasteiger charge is -2.32. The van der Waals surface area contributed by atoms with Crippen molar-refractivity contribution < 1.29 is 46.5 Å². The highest BCUT2D eigenvalue weighted by Gasteiger charge is 2.62. The second-order valence-corrected chi connectivity index (χ2v) is 19.3. The molecule has 5 aliphatic rings. The molecule has 2 aromatic rings. The Morgan fingerprint density at radius 2 is 1.78 bits per heavy atom. The minimum atomic E-state index is -3.89. The van der Waals surface area contributed by atoms with Gasteiger partial charge in [-0.2, -0.15) is 4.98 Å². The van der Waals surface area contributed by atoms with Crippen molar-refractivity contribution in [3.8, 4) is 11.6 Å². The number of rotatable bonds is 8. The van der Waals surface area contributed by atoms with E-state index in [2.05, 4.69) is 20.3 Å². The number of pyridine rings is 1. The summed E-state index contributed by atoms with van der Waals surface area (Å²) in [5.41, 5.74) is -2.27. The van der Waals surface area contributed by atoms with Crippen LogP contribution >= 0.6 is 0 Å². The lowest BCUT2D eigenvalue weighted by molar-refractivity contribution is -0.141. The van der Waals surface area contributed by atoms with Crippen LogP contribution in [0.25, 0.3) is 10.8 Å². The van der Waals surface area contributed by atoms with E-state index in [0.29, 0.717) is 74.9 Å². The molecule has 3 N–H and O–H groups in total. The maximum absolute atomic E-state index is 14.8. The Kier molecular flexibility index (Phi) is 12.0. The molecule has 2 saturated carbocycles. The molecule has 0 bridgehead atoms. The van der Waals surface area contributed by atoms with Gasteiger partial charge in [-0.1, -0.05) is 12.8 Å². The molecule has 3 aliphatic heterocycles. The van der Waals surface area contributed by atoms with Crippen LogP contribution in [0.5, 0.6) is 11.6 Å². The third kappa shape index (κ3) is 9.54. The maximum atomic E-state index is 14.8. The summed E-state index contributed by atoms with van der Waals surface area (Å²) >= 11 is 0. The molecule has 4 amide bonds. The highest BCUT2D eigenvalue weighted by atomic mass is 32.2. The standard InChI is InChI=1S/C40H57N7O10S/c1-39(2,3)57-38(51)41-31-24-45(4)14-8-6-7-9-26-22-40(26,37(50)44-58(52,53)29-11-12-29)43-34(48)32-21-28(23-47(32)36(31)49)56-35-30-13-10-27(54-5)19-25(30)20-33(42-35)46-15-17-55-18-16-46/h10,13,19-20,26,28-29,31-32H,6-9,11-12,14-18,21-24H2,1-5H3,(H,41,51)(H,43,48)(H,44,50)/t26-,28-,31+,32+,40-/m1/s1. The minimum absolute atomic E-state index is 0.0348. The number of nitrogens with one attached hydrogen (secondary N) is 3. The number of hydrogen-bond donors (Lipinski definition) is 3.